The summed E-state index contributed by atoms with van der Waals surface area (Å²) in [4.78, 5) is 17.4. The average molecular weight is 281 g/mol. The zero-order valence-electron chi connectivity index (χ0n) is 13.9. The van der Waals surface area contributed by atoms with Gasteiger partial charge in [0.15, 0.2) is 0 Å². The van der Waals surface area contributed by atoms with Crippen LogP contribution in [-0.2, 0) is 4.79 Å². The predicted molar refractivity (Wildman–Crippen MR) is 82.3 cm³/mol. The lowest BCUT2D eigenvalue weighted by molar-refractivity contribution is -0.135. The Kier molecular flexibility index (Phi) is 4.75. The molecule has 0 aromatic carbocycles. The van der Waals surface area contributed by atoms with E-state index in [9.17, 15) is 4.79 Å². The highest BCUT2D eigenvalue weighted by molar-refractivity contribution is 5.85. The molecular weight excluding hydrogens is 250 g/mol. The standard InChI is InChI=1S/C16H31N3O/c1-10(2)14-16(20)19(15(17-14)11(3)4)13-7-8-18(6)9-12(13)5/h10-15,17H,7-9H2,1-6H3. The fourth-order valence-electron chi connectivity index (χ4n) is 3.75. The van der Waals surface area contributed by atoms with Crippen molar-refractivity contribution in [2.75, 3.05) is 20.1 Å². The topological polar surface area (TPSA) is 35.6 Å². The van der Waals surface area contributed by atoms with Gasteiger partial charge in [0.2, 0.25) is 5.91 Å². The van der Waals surface area contributed by atoms with Gasteiger partial charge >= 0.3 is 0 Å². The number of piperidine rings is 1. The minimum Gasteiger partial charge on any atom is -0.322 e. The molecule has 0 bridgehead atoms. The van der Waals surface area contributed by atoms with E-state index in [1.54, 1.807) is 0 Å². The van der Waals surface area contributed by atoms with Crippen molar-refractivity contribution >= 4 is 5.91 Å². The fraction of sp³-hybridized carbons (Fsp3) is 0.938. The highest BCUT2D eigenvalue weighted by atomic mass is 16.2. The predicted octanol–water partition coefficient (Wildman–Crippen LogP) is 1.77. The molecule has 0 saturated carbocycles. The van der Waals surface area contributed by atoms with E-state index in [0.717, 1.165) is 19.5 Å². The molecule has 2 fully saturated rings. The number of carbonyl (C=O) groups is 1. The molecule has 2 aliphatic heterocycles. The molecule has 0 aromatic heterocycles. The van der Waals surface area contributed by atoms with Crippen molar-refractivity contribution in [1.29, 1.82) is 0 Å². The molecule has 0 radical (unpaired) electrons. The Morgan fingerprint density at radius 3 is 2.35 bits per heavy atom. The van der Waals surface area contributed by atoms with Crippen molar-refractivity contribution in [2.24, 2.45) is 17.8 Å². The maximum Gasteiger partial charge on any atom is 0.241 e. The van der Waals surface area contributed by atoms with E-state index in [1.165, 1.54) is 0 Å². The smallest absolute Gasteiger partial charge is 0.241 e. The zero-order chi connectivity index (χ0) is 15.0. The van der Waals surface area contributed by atoms with Crippen LogP contribution >= 0.6 is 0 Å². The molecule has 0 aliphatic carbocycles. The van der Waals surface area contributed by atoms with Crippen LogP contribution < -0.4 is 5.32 Å². The van der Waals surface area contributed by atoms with Crippen LogP contribution in [0.1, 0.15) is 41.0 Å². The number of hydrogen-bond acceptors (Lipinski definition) is 3. The first-order chi connectivity index (χ1) is 9.32. The Morgan fingerprint density at radius 2 is 1.85 bits per heavy atom. The van der Waals surface area contributed by atoms with Crippen LogP contribution in [0.4, 0.5) is 0 Å². The molecule has 2 saturated heterocycles. The number of carbonyl (C=O) groups excluding carboxylic acids is 1. The molecule has 2 heterocycles. The number of amides is 1. The summed E-state index contributed by atoms with van der Waals surface area (Å²) in [5, 5.41) is 3.58. The minimum absolute atomic E-state index is 0.00532. The lowest BCUT2D eigenvalue weighted by atomic mass is 9.91. The van der Waals surface area contributed by atoms with Gasteiger partial charge in [-0.2, -0.15) is 0 Å². The minimum atomic E-state index is -0.00532. The third-order valence-electron chi connectivity index (χ3n) is 4.89. The Morgan fingerprint density at radius 1 is 1.20 bits per heavy atom. The maximum absolute atomic E-state index is 12.8. The van der Waals surface area contributed by atoms with Crippen molar-refractivity contribution in [3.8, 4) is 0 Å². The summed E-state index contributed by atoms with van der Waals surface area (Å²) in [6, 6.07) is 0.386. The summed E-state index contributed by atoms with van der Waals surface area (Å²) < 4.78 is 0. The van der Waals surface area contributed by atoms with Crippen LogP contribution in [0, 0.1) is 17.8 Å². The number of likely N-dealkylation sites (tertiary alicyclic amines) is 1. The van der Waals surface area contributed by atoms with E-state index < -0.39 is 0 Å². The fourth-order valence-corrected chi connectivity index (χ4v) is 3.75. The lowest BCUT2D eigenvalue weighted by Gasteiger charge is -2.43. The molecule has 2 aliphatic rings. The number of rotatable bonds is 3. The van der Waals surface area contributed by atoms with E-state index in [2.05, 4.69) is 56.8 Å². The summed E-state index contributed by atoms with van der Waals surface area (Å²) in [7, 11) is 2.17. The van der Waals surface area contributed by atoms with Crippen molar-refractivity contribution in [1.82, 2.24) is 15.1 Å². The summed E-state index contributed by atoms with van der Waals surface area (Å²) in [5.74, 6) is 1.68. The van der Waals surface area contributed by atoms with Crippen LogP contribution in [0.25, 0.3) is 0 Å². The van der Waals surface area contributed by atoms with Gasteiger partial charge in [-0.1, -0.05) is 34.6 Å². The van der Waals surface area contributed by atoms with Gasteiger partial charge in [0, 0.05) is 12.6 Å². The average Bonchev–Trinajstić information content (AvgIpc) is 2.67. The maximum atomic E-state index is 12.8. The highest BCUT2D eigenvalue weighted by Gasteiger charge is 2.46. The first-order valence-electron chi connectivity index (χ1n) is 8.09. The molecule has 2 rings (SSSR count). The van der Waals surface area contributed by atoms with Crippen LogP contribution in [0.3, 0.4) is 0 Å². The lowest BCUT2D eigenvalue weighted by Crippen LogP contribution is -2.54. The molecule has 1 N–H and O–H groups in total. The molecule has 4 unspecified atom stereocenters. The van der Waals surface area contributed by atoms with Gasteiger partial charge in [-0.25, -0.2) is 0 Å². The number of nitrogens with zero attached hydrogens (tertiary/aromatic N) is 2. The third kappa shape index (κ3) is 2.86. The third-order valence-corrected chi connectivity index (χ3v) is 4.89. The Labute approximate surface area is 123 Å². The monoisotopic (exact) mass is 281 g/mol. The van der Waals surface area contributed by atoms with E-state index in [-0.39, 0.29) is 12.2 Å². The SMILES string of the molecule is CC(C)C1NC(C(C)C)N(C2CCN(C)CC2C)C1=O. The molecule has 4 heteroatoms. The normalized spacial score (nSPS) is 36.4. The second-order valence-electron chi connectivity index (χ2n) is 7.42. The van der Waals surface area contributed by atoms with Gasteiger partial charge in [0.1, 0.15) is 0 Å². The van der Waals surface area contributed by atoms with E-state index in [4.69, 9.17) is 0 Å². The Bertz CT molecular complexity index is 356. The van der Waals surface area contributed by atoms with Gasteiger partial charge in [-0.15, -0.1) is 0 Å². The molecule has 1 amide bonds. The van der Waals surface area contributed by atoms with Crippen LogP contribution in [-0.4, -0.2) is 54.1 Å². The van der Waals surface area contributed by atoms with Gasteiger partial charge in [0.25, 0.3) is 0 Å². The highest BCUT2D eigenvalue weighted by Crippen LogP contribution is 2.30. The van der Waals surface area contributed by atoms with Crippen molar-refractivity contribution in [2.45, 2.75) is 59.3 Å². The summed E-state index contributed by atoms with van der Waals surface area (Å²) in [6.07, 6.45) is 1.30. The molecule has 4 atom stereocenters. The van der Waals surface area contributed by atoms with Crippen molar-refractivity contribution < 1.29 is 4.79 Å². The largest absolute Gasteiger partial charge is 0.322 e. The second-order valence-corrected chi connectivity index (χ2v) is 7.42. The summed E-state index contributed by atoms with van der Waals surface area (Å²) >= 11 is 0. The van der Waals surface area contributed by atoms with Gasteiger partial charge < -0.3 is 9.80 Å². The Hall–Kier alpha value is -0.610. The van der Waals surface area contributed by atoms with Gasteiger partial charge in [-0.3, -0.25) is 10.1 Å². The van der Waals surface area contributed by atoms with Crippen LogP contribution in [0.2, 0.25) is 0 Å². The summed E-state index contributed by atoms with van der Waals surface area (Å²) in [6.45, 7) is 13.2. The number of nitrogens with one attached hydrogen (secondary N) is 1. The molecule has 0 spiro atoms. The van der Waals surface area contributed by atoms with Gasteiger partial charge in [0.05, 0.1) is 12.2 Å². The van der Waals surface area contributed by atoms with Crippen LogP contribution in [0.15, 0.2) is 0 Å². The molecular formula is C16H31N3O. The van der Waals surface area contributed by atoms with Crippen LogP contribution in [0.5, 0.6) is 0 Å². The van der Waals surface area contributed by atoms with E-state index in [0.29, 0.717) is 29.7 Å². The molecule has 4 nitrogen and oxygen atoms in total. The Balaban J connectivity index is 2.20. The van der Waals surface area contributed by atoms with E-state index in [1.807, 2.05) is 0 Å². The van der Waals surface area contributed by atoms with Crippen molar-refractivity contribution in [3.05, 3.63) is 0 Å². The molecule has 116 valence electrons. The quantitative estimate of drug-likeness (QED) is 0.856. The van der Waals surface area contributed by atoms with E-state index >= 15 is 0 Å². The van der Waals surface area contributed by atoms with Gasteiger partial charge in [-0.05, 0) is 37.8 Å². The second kappa shape index (κ2) is 6.02. The van der Waals surface area contributed by atoms with Crippen molar-refractivity contribution in [3.63, 3.8) is 0 Å². The first-order valence-corrected chi connectivity index (χ1v) is 8.09. The number of hydrogen-bond donors (Lipinski definition) is 1. The molecule has 0 aromatic rings. The molecule has 20 heavy (non-hydrogen) atoms. The first kappa shape index (κ1) is 15.8. The zero-order valence-corrected chi connectivity index (χ0v) is 13.9. The summed E-state index contributed by atoms with van der Waals surface area (Å²) in [5.41, 5.74) is 0.